The Morgan fingerprint density at radius 3 is 2.53 bits per heavy atom. The Hall–Kier alpha value is -0.990. The van der Waals surface area contributed by atoms with Gasteiger partial charge in [-0.25, -0.2) is 0 Å². The molecular weight excluding hydrogens is 210 g/mol. The molecule has 1 heterocycles. The Morgan fingerprint density at radius 2 is 2.00 bits per heavy atom. The number of rotatable bonds is 1. The van der Waals surface area contributed by atoms with Crippen LogP contribution in [0.2, 0.25) is 0 Å². The molecule has 3 N–H and O–H groups in total. The molecule has 2 unspecified atom stereocenters. The minimum absolute atomic E-state index is 0.378. The summed E-state index contributed by atoms with van der Waals surface area (Å²) in [6.07, 6.45) is 8.45. The zero-order valence-corrected chi connectivity index (χ0v) is 10.5. The first-order valence-corrected chi connectivity index (χ1v) is 6.88. The van der Waals surface area contributed by atoms with E-state index in [1.165, 1.54) is 44.2 Å². The first-order valence-electron chi connectivity index (χ1n) is 6.88. The molecule has 1 aromatic heterocycles. The molecular formula is C14H21N3. The first kappa shape index (κ1) is 9.98. The van der Waals surface area contributed by atoms with Gasteiger partial charge in [0.25, 0.3) is 0 Å². The summed E-state index contributed by atoms with van der Waals surface area (Å²) in [4.78, 5) is 0. The number of nitrogen functional groups attached to an aromatic ring is 1. The summed E-state index contributed by atoms with van der Waals surface area (Å²) >= 11 is 0. The first-order chi connectivity index (χ1) is 8.07. The number of nitrogens with two attached hydrogens (primary N) is 1. The van der Waals surface area contributed by atoms with Crippen molar-refractivity contribution in [1.82, 2.24) is 10.2 Å². The summed E-state index contributed by atoms with van der Waals surface area (Å²) in [5, 5.41) is 7.35. The van der Waals surface area contributed by atoms with E-state index >= 15 is 0 Å². The molecule has 4 aliphatic carbocycles. The van der Waals surface area contributed by atoms with Crippen LogP contribution in [0.3, 0.4) is 0 Å². The van der Waals surface area contributed by atoms with E-state index in [-0.39, 0.29) is 0 Å². The van der Waals surface area contributed by atoms with E-state index in [0.29, 0.717) is 16.6 Å². The highest BCUT2D eigenvalue weighted by atomic mass is 15.2. The molecule has 1 aromatic rings. The van der Waals surface area contributed by atoms with Gasteiger partial charge in [0.15, 0.2) is 0 Å². The van der Waals surface area contributed by atoms with Crippen LogP contribution in [-0.4, -0.2) is 10.2 Å². The topological polar surface area (TPSA) is 54.7 Å². The van der Waals surface area contributed by atoms with Crippen molar-refractivity contribution in [3.05, 3.63) is 11.8 Å². The molecule has 4 bridgehead atoms. The van der Waals surface area contributed by atoms with Gasteiger partial charge in [-0.15, -0.1) is 0 Å². The summed E-state index contributed by atoms with van der Waals surface area (Å²) in [6.45, 7) is 2.50. The molecule has 0 saturated heterocycles. The van der Waals surface area contributed by atoms with Gasteiger partial charge < -0.3 is 5.73 Å². The van der Waals surface area contributed by atoms with Crippen molar-refractivity contribution < 1.29 is 0 Å². The number of anilines is 1. The minimum Gasteiger partial charge on any atom is -0.382 e. The van der Waals surface area contributed by atoms with Crippen LogP contribution in [0.1, 0.15) is 51.1 Å². The normalized spacial score (nSPS) is 47.6. The quantitative estimate of drug-likeness (QED) is 0.781. The van der Waals surface area contributed by atoms with E-state index in [2.05, 4.69) is 23.2 Å². The van der Waals surface area contributed by atoms with Gasteiger partial charge in [-0.2, -0.15) is 5.10 Å². The zero-order valence-electron chi connectivity index (χ0n) is 10.5. The maximum atomic E-state index is 5.79. The maximum Gasteiger partial charge on any atom is 0.145 e. The van der Waals surface area contributed by atoms with Crippen molar-refractivity contribution in [2.75, 3.05) is 5.73 Å². The van der Waals surface area contributed by atoms with Crippen LogP contribution in [0.4, 0.5) is 5.82 Å². The van der Waals surface area contributed by atoms with Crippen molar-refractivity contribution >= 4 is 5.82 Å². The second-order valence-corrected chi connectivity index (χ2v) is 7.26. The molecule has 3 nitrogen and oxygen atoms in total. The highest BCUT2D eigenvalue weighted by Gasteiger charge is 2.56. The second-order valence-electron chi connectivity index (χ2n) is 7.26. The number of H-pyrrole nitrogens is 1. The number of aromatic amines is 1. The van der Waals surface area contributed by atoms with Crippen molar-refractivity contribution in [3.8, 4) is 0 Å². The Bertz CT molecular complexity index is 448. The van der Waals surface area contributed by atoms with E-state index in [1.54, 1.807) is 0 Å². The molecule has 4 fully saturated rings. The van der Waals surface area contributed by atoms with E-state index in [0.717, 1.165) is 11.8 Å². The summed E-state index contributed by atoms with van der Waals surface area (Å²) in [5.41, 5.74) is 8.07. The molecule has 0 spiro atoms. The average Bonchev–Trinajstić information content (AvgIpc) is 2.61. The molecule has 0 radical (unpaired) electrons. The highest BCUT2D eigenvalue weighted by molar-refractivity contribution is 5.34. The Morgan fingerprint density at radius 1 is 1.29 bits per heavy atom. The minimum atomic E-state index is 0.378. The van der Waals surface area contributed by atoms with E-state index in [4.69, 9.17) is 5.73 Å². The van der Waals surface area contributed by atoms with Gasteiger partial charge in [-0.3, -0.25) is 5.10 Å². The fourth-order valence-corrected chi connectivity index (χ4v) is 5.64. The third-order valence-electron chi connectivity index (χ3n) is 5.52. The van der Waals surface area contributed by atoms with Gasteiger partial charge in [0.1, 0.15) is 5.82 Å². The number of hydrogen-bond donors (Lipinski definition) is 2. The van der Waals surface area contributed by atoms with Crippen LogP contribution in [0.15, 0.2) is 6.07 Å². The summed E-state index contributed by atoms with van der Waals surface area (Å²) in [7, 11) is 0. The smallest absolute Gasteiger partial charge is 0.145 e. The lowest BCUT2D eigenvalue weighted by atomic mass is 9.44. The third-order valence-corrected chi connectivity index (χ3v) is 5.52. The van der Waals surface area contributed by atoms with Gasteiger partial charge in [-0.05, 0) is 55.8 Å². The Labute approximate surface area is 102 Å². The average molecular weight is 231 g/mol. The summed E-state index contributed by atoms with van der Waals surface area (Å²) < 4.78 is 0. The fraction of sp³-hybridized carbons (Fsp3) is 0.786. The zero-order chi connectivity index (χ0) is 11.7. The number of aromatic nitrogens is 2. The van der Waals surface area contributed by atoms with Crippen LogP contribution in [-0.2, 0) is 5.41 Å². The Kier molecular flexibility index (Phi) is 1.69. The van der Waals surface area contributed by atoms with Crippen molar-refractivity contribution in [1.29, 1.82) is 0 Å². The van der Waals surface area contributed by atoms with Gasteiger partial charge in [0, 0.05) is 17.2 Å². The maximum absolute atomic E-state index is 5.79. The summed E-state index contributed by atoms with van der Waals surface area (Å²) in [6, 6.07) is 2.08. The molecule has 4 saturated carbocycles. The van der Waals surface area contributed by atoms with Crippen molar-refractivity contribution in [2.45, 2.75) is 50.9 Å². The van der Waals surface area contributed by atoms with Gasteiger partial charge >= 0.3 is 0 Å². The molecule has 4 aliphatic rings. The Balaban J connectivity index is 1.79. The molecule has 0 amide bonds. The predicted octanol–water partition coefficient (Wildman–Crippen LogP) is 2.85. The van der Waals surface area contributed by atoms with Crippen LogP contribution in [0, 0.1) is 17.3 Å². The van der Waals surface area contributed by atoms with Crippen LogP contribution in [0.5, 0.6) is 0 Å². The van der Waals surface area contributed by atoms with Crippen molar-refractivity contribution in [2.24, 2.45) is 17.3 Å². The fourth-order valence-electron chi connectivity index (χ4n) is 5.64. The molecule has 2 atom stereocenters. The monoisotopic (exact) mass is 231 g/mol. The lowest BCUT2D eigenvalue weighted by Crippen LogP contribution is -2.53. The van der Waals surface area contributed by atoms with Gasteiger partial charge in [-0.1, -0.05) is 6.92 Å². The van der Waals surface area contributed by atoms with Gasteiger partial charge in [0.05, 0.1) is 0 Å². The van der Waals surface area contributed by atoms with E-state index < -0.39 is 0 Å². The number of hydrogen-bond acceptors (Lipinski definition) is 2. The molecule has 0 aromatic carbocycles. The molecule has 0 aliphatic heterocycles. The number of nitrogens with one attached hydrogen (secondary N) is 1. The highest BCUT2D eigenvalue weighted by Crippen LogP contribution is 2.65. The SMILES string of the molecule is CC12CC3CC(C1)CC(c1cc(N)n[nH]1)(C3)C2. The lowest BCUT2D eigenvalue weighted by molar-refractivity contribution is -0.0631. The van der Waals surface area contributed by atoms with Crippen LogP contribution < -0.4 is 5.73 Å². The largest absolute Gasteiger partial charge is 0.382 e. The third kappa shape index (κ3) is 1.31. The van der Waals surface area contributed by atoms with Crippen LogP contribution in [0.25, 0.3) is 0 Å². The molecule has 17 heavy (non-hydrogen) atoms. The lowest BCUT2D eigenvalue weighted by Gasteiger charge is -2.61. The van der Waals surface area contributed by atoms with Crippen LogP contribution >= 0.6 is 0 Å². The number of nitrogens with zero attached hydrogens (tertiary/aromatic N) is 1. The predicted molar refractivity (Wildman–Crippen MR) is 67.5 cm³/mol. The van der Waals surface area contributed by atoms with Crippen molar-refractivity contribution in [3.63, 3.8) is 0 Å². The van der Waals surface area contributed by atoms with E-state index in [9.17, 15) is 0 Å². The molecule has 5 rings (SSSR count). The summed E-state index contributed by atoms with van der Waals surface area (Å²) in [5.74, 6) is 2.55. The standard InChI is InChI=1S/C14H21N3/c1-13-4-9-2-10(5-13)7-14(6-9,8-13)11-3-12(15)17-16-11/h3,9-10H,2,4-8H2,1H3,(H3,15,16,17). The molecule has 92 valence electrons. The van der Waals surface area contributed by atoms with E-state index in [1.807, 2.05) is 0 Å². The second kappa shape index (κ2) is 2.88. The van der Waals surface area contributed by atoms with Gasteiger partial charge in [0.2, 0.25) is 0 Å². The molecule has 3 heteroatoms.